The quantitative estimate of drug-likeness (QED) is 0.889. The van der Waals surface area contributed by atoms with Crippen molar-refractivity contribution in [2.24, 2.45) is 5.73 Å². The van der Waals surface area contributed by atoms with Gasteiger partial charge in [0, 0.05) is 25.2 Å². The highest BCUT2D eigenvalue weighted by Crippen LogP contribution is 2.18. The monoisotopic (exact) mass is 248 g/mol. The van der Waals surface area contributed by atoms with Crippen molar-refractivity contribution in [2.45, 2.75) is 32.9 Å². The van der Waals surface area contributed by atoms with Crippen molar-refractivity contribution in [1.29, 1.82) is 0 Å². The zero-order valence-corrected chi connectivity index (χ0v) is 11.6. The third kappa shape index (κ3) is 3.10. The summed E-state index contributed by atoms with van der Waals surface area (Å²) in [6, 6.07) is 7.08. The van der Waals surface area contributed by atoms with Gasteiger partial charge in [-0.2, -0.15) is 0 Å². The maximum absolute atomic E-state index is 6.32. The van der Waals surface area contributed by atoms with E-state index in [4.69, 9.17) is 10.5 Å². The lowest BCUT2D eigenvalue weighted by Gasteiger charge is -2.35. The maximum atomic E-state index is 6.32. The second kappa shape index (κ2) is 5.83. The molecule has 0 radical (unpaired) electrons. The van der Waals surface area contributed by atoms with Gasteiger partial charge in [0.15, 0.2) is 0 Å². The molecule has 1 fully saturated rings. The highest BCUT2D eigenvalue weighted by atomic mass is 16.5. The Morgan fingerprint density at radius 2 is 2.17 bits per heavy atom. The van der Waals surface area contributed by atoms with Gasteiger partial charge in [0.25, 0.3) is 0 Å². The molecule has 1 saturated heterocycles. The third-order valence-electron chi connectivity index (χ3n) is 3.90. The topological polar surface area (TPSA) is 38.5 Å². The van der Waals surface area contributed by atoms with Crippen molar-refractivity contribution < 1.29 is 4.74 Å². The average molecular weight is 248 g/mol. The van der Waals surface area contributed by atoms with Crippen LogP contribution in [0.3, 0.4) is 0 Å². The number of rotatable bonds is 3. The van der Waals surface area contributed by atoms with Gasteiger partial charge in [-0.25, -0.2) is 0 Å². The standard InChI is InChI=1S/C15H24N2O/c1-11-4-5-14(8-12(11)2)15(16)9-17-6-7-18-10-13(17)3/h4-5,8,13,15H,6-7,9-10,16H2,1-3H3. The fraction of sp³-hybridized carbons (Fsp3) is 0.600. The minimum Gasteiger partial charge on any atom is -0.379 e. The molecule has 2 atom stereocenters. The summed E-state index contributed by atoms with van der Waals surface area (Å²) >= 11 is 0. The molecule has 1 heterocycles. The normalized spacial score (nSPS) is 23.0. The number of ether oxygens (including phenoxy) is 1. The molecule has 18 heavy (non-hydrogen) atoms. The molecule has 100 valence electrons. The highest BCUT2D eigenvalue weighted by molar-refractivity contribution is 5.31. The molecule has 1 aromatic rings. The largest absolute Gasteiger partial charge is 0.379 e. The maximum Gasteiger partial charge on any atom is 0.0619 e. The van der Waals surface area contributed by atoms with Crippen LogP contribution in [0.25, 0.3) is 0 Å². The number of nitrogens with two attached hydrogens (primary N) is 1. The van der Waals surface area contributed by atoms with E-state index in [1.807, 2.05) is 0 Å². The van der Waals surface area contributed by atoms with Gasteiger partial charge in [-0.3, -0.25) is 4.90 Å². The van der Waals surface area contributed by atoms with Gasteiger partial charge in [0.1, 0.15) is 0 Å². The first-order chi connectivity index (χ1) is 8.58. The summed E-state index contributed by atoms with van der Waals surface area (Å²) in [6.45, 7) is 10.0. The van der Waals surface area contributed by atoms with Crippen LogP contribution in [0.1, 0.15) is 29.7 Å². The number of hydrogen-bond donors (Lipinski definition) is 1. The summed E-state index contributed by atoms with van der Waals surface area (Å²) in [5.41, 5.74) is 10.2. The number of nitrogens with zero attached hydrogens (tertiary/aromatic N) is 1. The molecule has 3 heteroatoms. The minimum atomic E-state index is 0.0878. The smallest absolute Gasteiger partial charge is 0.0619 e. The molecule has 2 N–H and O–H groups in total. The lowest BCUT2D eigenvalue weighted by Crippen LogP contribution is -2.46. The molecule has 0 saturated carbocycles. The summed E-state index contributed by atoms with van der Waals surface area (Å²) in [6.07, 6.45) is 0. The number of morpholine rings is 1. The third-order valence-corrected chi connectivity index (χ3v) is 3.90. The molecule has 1 aromatic carbocycles. The Morgan fingerprint density at radius 3 is 2.83 bits per heavy atom. The van der Waals surface area contributed by atoms with Crippen LogP contribution < -0.4 is 5.73 Å². The minimum absolute atomic E-state index is 0.0878. The first kappa shape index (κ1) is 13.5. The predicted octanol–water partition coefficient (Wildman–Crippen LogP) is 2.02. The Balaban J connectivity index is 2.02. The molecule has 0 spiro atoms. The van der Waals surface area contributed by atoms with E-state index in [2.05, 4.69) is 43.9 Å². The Labute approximate surface area is 110 Å². The molecule has 0 aliphatic carbocycles. The molecule has 3 nitrogen and oxygen atoms in total. The van der Waals surface area contributed by atoms with Crippen molar-refractivity contribution in [3.05, 3.63) is 34.9 Å². The first-order valence-corrected chi connectivity index (χ1v) is 6.72. The van der Waals surface area contributed by atoms with Crippen molar-refractivity contribution >= 4 is 0 Å². The van der Waals surface area contributed by atoms with E-state index < -0.39 is 0 Å². The molecular weight excluding hydrogens is 224 g/mol. The van der Waals surface area contributed by atoms with Gasteiger partial charge >= 0.3 is 0 Å². The molecular formula is C15H24N2O. The fourth-order valence-electron chi connectivity index (χ4n) is 2.39. The van der Waals surface area contributed by atoms with Gasteiger partial charge in [-0.05, 0) is 37.5 Å². The summed E-state index contributed by atoms with van der Waals surface area (Å²) in [5.74, 6) is 0. The first-order valence-electron chi connectivity index (χ1n) is 6.72. The van der Waals surface area contributed by atoms with Gasteiger partial charge in [-0.1, -0.05) is 18.2 Å². The Morgan fingerprint density at radius 1 is 1.39 bits per heavy atom. The number of aryl methyl sites for hydroxylation is 2. The van der Waals surface area contributed by atoms with Crippen LogP contribution in [0.5, 0.6) is 0 Å². The zero-order valence-electron chi connectivity index (χ0n) is 11.6. The van der Waals surface area contributed by atoms with Crippen molar-refractivity contribution in [1.82, 2.24) is 4.90 Å². The molecule has 2 rings (SSSR count). The molecule has 1 aliphatic rings. The van der Waals surface area contributed by atoms with E-state index >= 15 is 0 Å². The number of benzene rings is 1. The van der Waals surface area contributed by atoms with Crippen LogP contribution in [0.15, 0.2) is 18.2 Å². The van der Waals surface area contributed by atoms with Gasteiger partial charge in [0.05, 0.1) is 13.2 Å². The van der Waals surface area contributed by atoms with E-state index in [0.29, 0.717) is 6.04 Å². The Bertz CT molecular complexity index is 405. The van der Waals surface area contributed by atoms with E-state index in [1.165, 1.54) is 16.7 Å². The van der Waals surface area contributed by atoms with Crippen LogP contribution in [0, 0.1) is 13.8 Å². The lowest BCUT2D eigenvalue weighted by molar-refractivity contribution is -0.00281. The molecule has 0 aromatic heterocycles. The Kier molecular flexibility index (Phi) is 4.38. The van der Waals surface area contributed by atoms with Gasteiger partial charge in [-0.15, -0.1) is 0 Å². The molecule has 0 bridgehead atoms. The second-order valence-electron chi connectivity index (χ2n) is 5.37. The highest BCUT2D eigenvalue weighted by Gasteiger charge is 2.21. The predicted molar refractivity (Wildman–Crippen MR) is 74.7 cm³/mol. The van der Waals surface area contributed by atoms with Crippen molar-refractivity contribution in [3.8, 4) is 0 Å². The summed E-state index contributed by atoms with van der Waals surface area (Å²) < 4.78 is 5.45. The van der Waals surface area contributed by atoms with Crippen molar-refractivity contribution in [2.75, 3.05) is 26.3 Å². The van der Waals surface area contributed by atoms with E-state index in [0.717, 1.165) is 26.3 Å². The SMILES string of the molecule is Cc1ccc(C(N)CN2CCOCC2C)cc1C. The summed E-state index contributed by atoms with van der Waals surface area (Å²) in [7, 11) is 0. The average Bonchev–Trinajstić information content (AvgIpc) is 2.35. The number of hydrogen-bond acceptors (Lipinski definition) is 3. The van der Waals surface area contributed by atoms with E-state index in [9.17, 15) is 0 Å². The molecule has 1 aliphatic heterocycles. The summed E-state index contributed by atoms with van der Waals surface area (Å²) in [5, 5.41) is 0. The zero-order chi connectivity index (χ0) is 13.1. The van der Waals surface area contributed by atoms with Gasteiger partial charge in [0.2, 0.25) is 0 Å². The van der Waals surface area contributed by atoms with Crippen LogP contribution in [-0.4, -0.2) is 37.2 Å². The van der Waals surface area contributed by atoms with E-state index in [-0.39, 0.29) is 6.04 Å². The van der Waals surface area contributed by atoms with Crippen LogP contribution in [0.4, 0.5) is 0 Å². The van der Waals surface area contributed by atoms with Gasteiger partial charge < -0.3 is 10.5 Å². The molecule has 2 unspecified atom stereocenters. The van der Waals surface area contributed by atoms with Crippen LogP contribution >= 0.6 is 0 Å². The Hall–Kier alpha value is -0.900. The van der Waals surface area contributed by atoms with Crippen LogP contribution in [-0.2, 0) is 4.74 Å². The van der Waals surface area contributed by atoms with Crippen LogP contribution in [0.2, 0.25) is 0 Å². The lowest BCUT2D eigenvalue weighted by atomic mass is 10.0. The molecule has 0 amide bonds. The summed E-state index contributed by atoms with van der Waals surface area (Å²) in [4.78, 5) is 2.42. The second-order valence-corrected chi connectivity index (χ2v) is 5.37. The van der Waals surface area contributed by atoms with Crippen molar-refractivity contribution in [3.63, 3.8) is 0 Å². The fourth-order valence-corrected chi connectivity index (χ4v) is 2.39. The van der Waals surface area contributed by atoms with E-state index in [1.54, 1.807) is 0 Å².